The van der Waals surface area contributed by atoms with E-state index in [4.69, 9.17) is 4.42 Å². The second-order valence-corrected chi connectivity index (χ2v) is 12.8. The van der Waals surface area contributed by atoms with Crippen molar-refractivity contribution in [2.75, 3.05) is 0 Å². The Labute approximate surface area is 263 Å². The second-order valence-electron chi connectivity index (χ2n) is 11.7. The lowest BCUT2D eigenvalue weighted by Crippen LogP contribution is -1.93. The second kappa shape index (κ2) is 9.43. The van der Waals surface area contributed by atoms with Gasteiger partial charge in [0.2, 0.25) is 0 Å². The monoisotopic (exact) mass is 591 g/mol. The minimum atomic E-state index is 0.921. The van der Waals surface area contributed by atoms with Crippen LogP contribution in [0.4, 0.5) is 0 Å². The van der Waals surface area contributed by atoms with Crippen molar-refractivity contribution in [3.8, 4) is 27.9 Å². The SMILES string of the molecule is c1ccc2c(c1)oc1c(-c3ccc(-n4c5ccccc5c5cc(-c6ccc7sc8ccccc8c7c6)ccc54)cc3)cccc12. The van der Waals surface area contributed by atoms with Crippen LogP contribution in [-0.4, -0.2) is 4.57 Å². The third kappa shape index (κ3) is 3.68. The predicted octanol–water partition coefficient (Wildman–Crippen LogP) is 12.4. The van der Waals surface area contributed by atoms with E-state index in [1.165, 1.54) is 53.1 Å². The molecule has 3 aromatic heterocycles. The highest BCUT2D eigenvalue weighted by molar-refractivity contribution is 7.25. The fraction of sp³-hybridized carbons (Fsp3) is 0. The molecule has 0 spiro atoms. The largest absolute Gasteiger partial charge is 0.455 e. The van der Waals surface area contributed by atoms with E-state index in [2.05, 4.69) is 144 Å². The van der Waals surface area contributed by atoms with Gasteiger partial charge in [0.1, 0.15) is 11.2 Å². The Kier molecular flexibility index (Phi) is 5.19. The first-order chi connectivity index (χ1) is 22.3. The van der Waals surface area contributed by atoms with Gasteiger partial charge >= 0.3 is 0 Å². The maximum Gasteiger partial charge on any atom is 0.143 e. The lowest BCUT2D eigenvalue weighted by Gasteiger charge is -2.10. The summed E-state index contributed by atoms with van der Waals surface area (Å²) < 4.78 is 11.4. The number of para-hydroxylation sites is 3. The van der Waals surface area contributed by atoms with Gasteiger partial charge in [-0.05, 0) is 71.3 Å². The van der Waals surface area contributed by atoms with Gasteiger partial charge in [-0.2, -0.15) is 0 Å². The summed E-state index contributed by atoms with van der Waals surface area (Å²) in [6.45, 7) is 0. The quantitative estimate of drug-likeness (QED) is 0.200. The fourth-order valence-corrected chi connectivity index (χ4v) is 8.19. The summed E-state index contributed by atoms with van der Waals surface area (Å²) in [5, 5.41) is 7.48. The molecule has 7 aromatic carbocycles. The molecule has 0 aliphatic rings. The molecule has 0 amide bonds. The van der Waals surface area contributed by atoms with Gasteiger partial charge in [-0.1, -0.05) is 97.1 Å². The van der Waals surface area contributed by atoms with E-state index in [0.29, 0.717) is 0 Å². The van der Waals surface area contributed by atoms with Crippen LogP contribution in [0, 0.1) is 0 Å². The Bertz CT molecular complexity index is 2760. The molecule has 2 nitrogen and oxygen atoms in total. The molecule has 3 heteroatoms. The Morgan fingerprint density at radius 3 is 1.96 bits per heavy atom. The zero-order valence-corrected chi connectivity index (χ0v) is 25.0. The lowest BCUT2D eigenvalue weighted by atomic mass is 10.0. The van der Waals surface area contributed by atoms with Gasteiger partial charge in [0.25, 0.3) is 0 Å². The summed E-state index contributed by atoms with van der Waals surface area (Å²) in [6, 6.07) is 54.8. The highest BCUT2D eigenvalue weighted by Crippen LogP contribution is 2.40. The molecular weight excluding hydrogens is 567 g/mol. The van der Waals surface area contributed by atoms with Crippen LogP contribution in [0.2, 0.25) is 0 Å². The molecule has 0 atom stereocenters. The molecule has 0 aliphatic heterocycles. The van der Waals surface area contributed by atoms with Crippen molar-refractivity contribution in [1.29, 1.82) is 0 Å². The lowest BCUT2D eigenvalue weighted by molar-refractivity contribution is 0.670. The van der Waals surface area contributed by atoms with E-state index in [0.717, 1.165) is 38.8 Å². The van der Waals surface area contributed by atoms with Crippen molar-refractivity contribution in [2.45, 2.75) is 0 Å². The van der Waals surface area contributed by atoms with E-state index in [-0.39, 0.29) is 0 Å². The average molecular weight is 592 g/mol. The Morgan fingerprint density at radius 1 is 0.422 bits per heavy atom. The topological polar surface area (TPSA) is 18.1 Å². The number of rotatable bonds is 3. The van der Waals surface area contributed by atoms with Crippen LogP contribution in [0.1, 0.15) is 0 Å². The van der Waals surface area contributed by atoms with Crippen molar-refractivity contribution in [3.05, 3.63) is 152 Å². The maximum atomic E-state index is 6.34. The van der Waals surface area contributed by atoms with Gasteiger partial charge in [0.05, 0.1) is 11.0 Å². The normalized spacial score (nSPS) is 12.0. The molecule has 0 fully saturated rings. The van der Waals surface area contributed by atoms with Gasteiger partial charge in [-0.15, -0.1) is 11.3 Å². The smallest absolute Gasteiger partial charge is 0.143 e. The summed E-state index contributed by atoms with van der Waals surface area (Å²) >= 11 is 1.86. The standard InChI is InChI=1S/C42H25NOS/c1-4-13-37-31(8-1)35-24-27(28-19-23-41-36(25-28)33-10-3-6-15-40(33)45-41)18-22-38(35)43(37)29-20-16-26(17-21-29)30-11-7-12-34-32-9-2-5-14-39(32)44-42(30)34/h1-25H. The minimum absolute atomic E-state index is 0.921. The van der Waals surface area contributed by atoms with Gasteiger partial charge in [-0.25, -0.2) is 0 Å². The molecule has 0 aliphatic carbocycles. The van der Waals surface area contributed by atoms with E-state index >= 15 is 0 Å². The number of hydrogen-bond donors (Lipinski definition) is 0. The van der Waals surface area contributed by atoms with E-state index in [1.54, 1.807) is 0 Å². The van der Waals surface area contributed by atoms with Crippen molar-refractivity contribution >= 4 is 75.3 Å². The van der Waals surface area contributed by atoms with Crippen molar-refractivity contribution in [1.82, 2.24) is 4.57 Å². The highest BCUT2D eigenvalue weighted by atomic mass is 32.1. The molecule has 0 unspecified atom stereocenters. The van der Waals surface area contributed by atoms with Crippen molar-refractivity contribution in [2.24, 2.45) is 0 Å². The highest BCUT2D eigenvalue weighted by Gasteiger charge is 2.16. The molecule has 0 N–H and O–H groups in total. The molecule has 10 rings (SSSR count). The molecule has 0 bridgehead atoms. The van der Waals surface area contributed by atoms with Gasteiger partial charge in [0, 0.05) is 53.0 Å². The molecule has 0 saturated heterocycles. The van der Waals surface area contributed by atoms with Crippen LogP contribution in [0.3, 0.4) is 0 Å². The van der Waals surface area contributed by atoms with E-state index in [1.807, 2.05) is 23.5 Å². The Hall–Kier alpha value is -5.64. The van der Waals surface area contributed by atoms with E-state index in [9.17, 15) is 0 Å². The molecular formula is C42H25NOS. The molecule has 210 valence electrons. The van der Waals surface area contributed by atoms with Crippen molar-refractivity contribution in [3.63, 3.8) is 0 Å². The first kappa shape index (κ1) is 24.8. The number of nitrogens with zero attached hydrogens (tertiary/aromatic N) is 1. The molecule has 3 heterocycles. The molecule has 10 aromatic rings. The third-order valence-electron chi connectivity index (χ3n) is 9.22. The molecule has 0 radical (unpaired) electrons. The number of benzene rings is 7. The fourth-order valence-electron chi connectivity index (χ4n) is 7.10. The molecule has 0 saturated carbocycles. The van der Waals surface area contributed by atoms with Crippen LogP contribution in [0.15, 0.2) is 156 Å². The number of furan rings is 1. The summed E-state index contributed by atoms with van der Waals surface area (Å²) in [5.74, 6) is 0. The van der Waals surface area contributed by atoms with Crippen LogP contribution in [0.5, 0.6) is 0 Å². The average Bonchev–Trinajstić information content (AvgIpc) is 3.77. The Balaban J connectivity index is 1.10. The maximum absolute atomic E-state index is 6.34. The third-order valence-corrected chi connectivity index (χ3v) is 10.4. The number of fused-ring (bicyclic) bond motifs is 9. The first-order valence-electron chi connectivity index (χ1n) is 15.3. The number of aromatic nitrogens is 1. The molecule has 45 heavy (non-hydrogen) atoms. The van der Waals surface area contributed by atoms with Gasteiger partial charge in [-0.3, -0.25) is 0 Å². The number of thiophene rings is 1. The zero-order valence-electron chi connectivity index (χ0n) is 24.2. The van der Waals surface area contributed by atoms with Crippen molar-refractivity contribution < 1.29 is 4.42 Å². The van der Waals surface area contributed by atoms with Gasteiger partial charge < -0.3 is 8.98 Å². The van der Waals surface area contributed by atoms with Crippen LogP contribution in [-0.2, 0) is 0 Å². The van der Waals surface area contributed by atoms with Gasteiger partial charge in [0.15, 0.2) is 0 Å². The summed E-state index contributed by atoms with van der Waals surface area (Å²) in [4.78, 5) is 0. The summed E-state index contributed by atoms with van der Waals surface area (Å²) in [7, 11) is 0. The van der Waals surface area contributed by atoms with Crippen LogP contribution in [0.25, 0.3) is 91.9 Å². The summed E-state index contributed by atoms with van der Waals surface area (Å²) in [5.41, 5.74) is 10.1. The van der Waals surface area contributed by atoms with E-state index < -0.39 is 0 Å². The van der Waals surface area contributed by atoms with Crippen LogP contribution >= 0.6 is 11.3 Å². The predicted molar refractivity (Wildman–Crippen MR) is 192 cm³/mol. The minimum Gasteiger partial charge on any atom is -0.455 e. The Morgan fingerprint density at radius 2 is 1.07 bits per heavy atom. The zero-order chi connectivity index (χ0) is 29.5. The summed E-state index contributed by atoms with van der Waals surface area (Å²) in [6.07, 6.45) is 0. The number of hydrogen-bond acceptors (Lipinski definition) is 2. The van der Waals surface area contributed by atoms with Crippen LogP contribution < -0.4 is 0 Å². The first-order valence-corrected chi connectivity index (χ1v) is 16.1.